The molecule has 1 aromatic heterocycles. The number of methoxy groups -OCH3 is 2. The molecule has 0 spiro atoms. The lowest BCUT2D eigenvalue weighted by Gasteiger charge is -2.20. The number of unbranched alkanes of at least 4 members (excludes halogenated alkanes) is 4. The number of hydrogen-bond donors (Lipinski definition) is 1. The number of ether oxygens (including phenoxy) is 2. The normalized spacial score (nSPS) is 17.0. The largest absolute Gasteiger partial charge is 0.497 e. The lowest BCUT2D eigenvalue weighted by molar-refractivity contribution is -0.0971. The summed E-state index contributed by atoms with van der Waals surface area (Å²) >= 11 is 0. The summed E-state index contributed by atoms with van der Waals surface area (Å²) in [5.74, 6) is 0.934. The fourth-order valence-corrected chi connectivity index (χ4v) is 6.17. The van der Waals surface area contributed by atoms with Crippen molar-refractivity contribution >= 4 is 17.1 Å². The van der Waals surface area contributed by atoms with E-state index in [1.54, 1.807) is 59.2 Å². The number of carbonyl (C=O) groups is 1. The van der Waals surface area contributed by atoms with Crippen LogP contribution in [0.1, 0.15) is 67.8 Å². The van der Waals surface area contributed by atoms with Crippen LogP contribution in [0.25, 0.3) is 22.4 Å². The summed E-state index contributed by atoms with van der Waals surface area (Å²) in [7, 11) is 3.04. The maximum absolute atomic E-state index is 14.1. The third kappa shape index (κ3) is 9.26. The third-order valence-electron chi connectivity index (χ3n) is 8.98. The number of allylic oxidation sites excluding steroid dienone is 7. The van der Waals surface area contributed by atoms with Gasteiger partial charge in [-0.25, -0.2) is 4.98 Å². The van der Waals surface area contributed by atoms with Gasteiger partial charge in [-0.1, -0.05) is 50.8 Å². The summed E-state index contributed by atoms with van der Waals surface area (Å²) in [5, 5.41) is 3.45. The van der Waals surface area contributed by atoms with Crippen LogP contribution >= 0.6 is 0 Å². The van der Waals surface area contributed by atoms with Crippen molar-refractivity contribution in [2.24, 2.45) is 0 Å². The summed E-state index contributed by atoms with van der Waals surface area (Å²) < 4.78 is 96.8. The Labute approximate surface area is 298 Å². The second kappa shape index (κ2) is 16.6. The van der Waals surface area contributed by atoms with Crippen molar-refractivity contribution in [1.82, 2.24) is 14.9 Å². The predicted molar refractivity (Wildman–Crippen MR) is 189 cm³/mol. The highest BCUT2D eigenvalue weighted by Crippen LogP contribution is 2.40. The molecular weight excluding hydrogens is 684 g/mol. The minimum Gasteiger partial charge on any atom is -0.497 e. The van der Waals surface area contributed by atoms with Gasteiger partial charge in [0.2, 0.25) is 0 Å². The highest BCUT2D eigenvalue weighted by molar-refractivity contribution is 5.94. The second-order valence-electron chi connectivity index (χ2n) is 12.7. The van der Waals surface area contributed by atoms with Crippen LogP contribution in [0.5, 0.6) is 5.75 Å². The quantitative estimate of drug-likeness (QED) is 0.150. The van der Waals surface area contributed by atoms with Crippen LogP contribution in [0.2, 0.25) is 0 Å². The zero-order valence-electron chi connectivity index (χ0n) is 29.3. The number of alkyl halides is 6. The van der Waals surface area contributed by atoms with E-state index in [0.29, 0.717) is 52.2 Å². The van der Waals surface area contributed by atoms with Gasteiger partial charge in [0, 0.05) is 41.8 Å². The zero-order valence-corrected chi connectivity index (χ0v) is 29.3. The number of nitrogens with one attached hydrogen (secondary N) is 1. The highest BCUT2D eigenvalue weighted by Gasteiger charge is 2.41. The Morgan fingerprint density at radius 1 is 0.846 bits per heavy atom. The van der Waals surface area contributed by atoms with Gasteiger partial charge < -0.3 is 19.4 Å². The number of benzene rings is 2. The first-order valence-electron chi connectivity index (χ1n) is 17.2. The number of halogens is 6. The summed E-state index contributed by atoms with van der Waals surface area (Å²) in [6.45, 7) is 2.72. The first-order chi connectivity index (χ1) is 24.8. The Morgan fingerprint density at radius 3 is 2.15 bits per heavy atom. The molecule has 3 aromatic rings. The molecule has 6 nitrogen and oxygen atoms in total. The molecule has 0 unspecified atom stereocenters. The Bertz CT molecular complexity index is 2000. The van der Waals surface area contributed by atoms with E-state index in [9.17, 15) is 31.1 Å². The van der Waals surface area contributed by atoms with Crippen molar-refractivity contribution in [3.05, 3.63) is 118 Å². The van der Waals surface area contributed by atoms with E-state index in [2.05, 4.69) is 12.2 Å². The molecule has 1 amide bonds. The van der Waals surface area contributed by atoms with Gasteiger partial charge in [0.15, 0.2) is 0 Å². The van der Waals surface area contributed by atoms with Gasteiger partial charge in [0.25, 0.3) is 5.91 Å². The Balaban J connectivity index is 1.67. The smallest absolute Gasteiger partial charge is 0.416 e. The number of hydrogen-bond acceptors (Lipinski definition) is 4. The molecule has 0 aliphatic heterocycles. The number of imidazole rings is 1. The van der Waals surface area contributed by atoms with Crippen LogP contribution in [0.4, 0.5) is 26.3 Å². The number of amides is 1. The van der Waals surface area contributed by atoms with Crippen molar-refractivity contribution in [1.29, 1.82) is 0 Å². The average Bonchev–Trinajstić information content (AvgIpc) is 3.51. The van der Waals surface area contributed by atoms with E-state index in [4.69, 9.17) is 14.5 Å². The van der Waals surface area contributed by atoms with Crippen LogP contribution in [-0.4, -0.2) is 48.6 Å². The molecule has 1 N–H and O–H groups in total. The first kappa shape index (κ1) is 38.2. The fourth-order valence-electron chi connectivity index (χ4n) is 6.17. The third-order valence-corrected chi connectivity index (χ3v) is 8.98. The van der Waals surface area contributed by atoms with Gasteiger partial charge in [-0.05, 0) is 84.7 Å². The van der Waals surface area contributed by atoms with E-state index in [0.717, 1.165) is 43.8 Å². The van der Waals surface area contributed by atoms with E-state index in [1.807, 2.05) is 12.2 Å². The van der Waals surface area contributed by atoms with Crippen molar-refractivity contribution in [2.75, 3.05) is 20.8 Å². The molecule has 5 rings (SSSR count). The van der Waals surface area contributed by atoms with Gasteiger partial charge in [-0.3, -0.25) is 4.79 Å². The molecule has 52 heavy (non-hydrogen) atoms. The molecule has 0 fully saturated rings. The lowest BCUT2D eigenvalue weighted by atomic mass is 9.94. The molecule has 0 radical (unpaired) electrons. The molecule has 0 saturated heterocycles. The zero-order chi connectivity index (χ0) is 37.5. The van der Waals surface area contributed by atoms with Gasteiger partial charge in [-0.2, -0.15) is 26.3 Å². The first-order valence-corrected chi connectivity index (χ1v) is 17.2. The fraction of sp³-hybridized carbons (Fsp3) is 0.350. The molecule has 0 atom stereocenters. The SMILES string of the molecule is CCCCCCCNC(=O)c1ccc(Cn2c(=C3C=C(C(F)(F)F)C=C(C(F)(F)F)C3)nc(-c3ccc(OC)cc3)c2=C2C=CC(OC)=CC2)cc1. The summed E-state index contributed by atoms with van der Waals surface area (Å²) in [5.41, 5.74) is -0.223. The standard InChI is InChI=1S/C40H41F6N3O3/c1-4-5-6-7-8-21-47-38(50)29-11-9-26(10-12-29)25-49-36(28-15-19-34(52-3)20-16-28)35(27-13-17-33(51-2)18-14-27)48-37(49)30-22-31(39(41,42)43)24-32(23-30)40(44,45)46/h9-15,17-20,22,24H,4-8,16,21,23,25H2,1-3H3,(H,47,50). The van der Waals surface area contributed by atoms with Crippen LogP contribution in [0.15, 0.2) is 95.8 Å². The minimum atomic E-state index is -5.03. The number of rotatable bonds is 12. The minimum absolute atomic E-state index is 0.0368. The van der Waals surface area contributed by atoms with Gasteiger partial charge in [-0.15, -0.1) is 0 Å². The van der Waals surface area contributed by atoms with Crippen LogP contribution in [-0.2, 0) is 11.3 Å². The molecule has 276 valence electrons. The topological polar surface area (TPSA) is 65.4 Å². The summed E-state index contributed by atoms with van der Waals surface area (Å²) in [6, 6.07) is 13.7. The molecule has 1 heterocycles. The monoisotopic (exact) mass is 725 g/mol. The van der Waals surface area contributed by atoms with Gasteiger partial charge >= 0.3 is 12.4 Å². The molecule has 2 aromatic carbocycles. The maximum atomic E-state index is 14.1. The Morgan fingerprint density at radius 2 is 1.56 bits per heavy atom. The van der Waals surface area contributed by atoms with Crippen LogP contribution in [0, 0.1) is 0 Å². The van der Waals surface area contributed by atoms with Crippen LogP contribution in [0.3, 0.4) is 0 Å². The predicted octanol–water partition coefficient (Wildman–Crippen LogP) is 8.48. The van der Waals surface area contributed by atoms with E-state index >= 15 is 0 Å². The van der Waals surface area contributed by atoms with E-state index < -0.39 is 29.9 Å². The summed E-state index contributed by atoms with van der Waals surface area (Å²) in [4.78, 5) is 17.7. The van der Waals surface area contributed by atoms with Gasteiger partial charge in [0.05, 0.1) is 30.8 Å². The van der Waals surface area contributed by atoms with E-state index in [-0.39, 0.29) is 29.6 Å². The maximum Gasteiger partial charge on any atom is 0.416 e. The van der Waals surface area contributed by atoms with Crippen molar-refractivity contribution in [2.45, 2.75) is 70.8 Å². The van der Waals surface area contributed by atoms with Crippen molar-refractivity contribution < 1.29 is 40.6 Å². The molecule has 0 bridgehead atoms. The van der Waals surface area contributed by atoms with E-state index in [1.165, 1.54) is 14.2 Å². The molecule has 2 aliphatic carbocycles. The Kier molecular flexibility index (Phi) is 12.2. The van der Waals surface area contributed by atoms with Gasteiger partial charge in [0.1, 0.15) is 17.0 Å². The Hall–Kier alpha value is -5.00. The molecule has 0 saturated carbocycles. The number of carbonyl (C=O) groups excluding carboxylic acids is 1. The second-order valence-corrected chi connectivity index (χ2v) is 12.7. The lowest BCUT2D eigenvalue weighted by Crippen LogP contribution is -2.32. The molecular formula is C40H41F6N3O3. The van der Waals surface area contributed by atoms with Crippen LogP contribution < -0.4 is 20.9 Å². The number of nitrogens with zero attached hydrogens (tertiary/aromatic N) is 2. The molecule has 2 aliphatic rings. The van der Waals surface area contributed by atoms with Crippen molar-refractivity contribution in [3.63, 3.8) is 0 Å². The summed E-state index contributed by atoms with van der Waals surface area (Å²) in [6.07, 6.45) is 1.09. The number of aromatic nitrogens is 2. The highest BCUT2D eigenvalue weighted by atomic mass is 19.4. The molecule has 12 heteroatoms. The van der Waals surface area contributed by atoms with Crippen molar-refractivity contribution in [3.8, 4) is 17.0 Å². The average molecular weight is 726 g/mol.